The van der Waals surface area contributed by atoms with Crippen molar-refractivity contribution in [2.45, 2.75) is 18.8 Å². The van der Waals surface area contributed by atoms with Gasteiger partial charge in [-0.25, -0.2) is 0 Å². The van der Waals surface area contributed by atoms with Gasteiger partial charge in [0.2, 0.25) is 0 Å². The van der Waals surface area contributed by atoms with E-state index in [0.717, 1.165) is 18.6 Å². The number of aromatic nitrogens is 2. The third-order valence-corrected chi connectivity index (χ3v) is 3.49. The number of ether oxygens (including phenoxy) is 2. The molecule has 128 valence electrons. The second kappa shape index (κ2) is 6.52. The molecule has 24 heavy (non-hydrogen) atoms. The first kappa shape index (κ1) is 16.3. The fourth-order valence-electron chi connectivity index (χ4n) is 2.34. The predicted molar refractivity (Wildman–Crippen MR) is 77.8 cm³/mol. The van der Waals surface area contributed by atoms with E-state index in [1.54, 1.807) is 10.9 Å². The maximum Gasteiger partial charge on any atom is 0.573 e. The third-order valence-electron chi connectivity index (χ3n) is 3.49. The number of halogens is 3. The largest absolute Gasteiger partial charge is 0.573 e. The highest BCUT2D eigenvalue weighted by Gasteiger charge is 2.31. The minimum absolute atomic E-state index is 0.148. The Hall–Kier alpha value is -2.55. The molecule has 6 nitrogen and oxygen atoms in total. The van der Waals surface area contributed by atoms with Gasteiger partial charge in [-0.1, -0.05) is 0 Å². The van der Waals surface area contributed by atoms with E-state index < -0.39 is 12.3 Å². The molecule has 0 bridgehead atoms. The van der Waals surface area contributed by atoms with Gasteiger partial charge in [0.15, 0.2) is 0 Å². The van der Waals surface area contributed by atoms with Crippen LogP contribution in [-0.4, -0.2) is 35.3 Å². The SMILES string of the molecule is O=C(Nc1cnn(C2CCOC2)c1)c1ccc(OC(F)(F)F)cc1. The lowest BCUT2D eigenvalue weighted by molar-refractivity contribution is -0.274. The van der Waals surface area contributed by atoms with Gasteiger partial charge in [0.25, 0.3) is 5.91 Å². The van der Waals surface area contributed by atoms with Gasteiger partial charge in [0.05, 0.1) is 24.5 Å². The molecular formula is C15H14F3N3O3. The molecule has 0 aliphatic carbocycles. The lowest BCUT2D eigenvalue weighted by atomic mass is 10.2. The monoisotopic (exact) mass is 341 g/mol. The molecule has 1 amide bonds. The van der Waals surface area contributed by atoms with Gasteiger partial charge < -0.3 is 14.8 Å². The Labute approximate surface area is 135 Å². The lowest BCUT2D eigenvalue weighted by Gasteiger charge is -2.09. The molecule has 0 spiro atoms. The number of anilines is 1. The maximum absolute atomic E-state index is 12.1. The maximum atomic E-state index is 12.1. The van der Waals surface area contributed by atoms with Crippen molar-refractivity contribution >= 4 is 11.6 Å². The Bertz CT molecular complexity index is 707. The number of hydrogen-bond acceptors (Lipinski definition) is 4. The summed E-state index contributed by atoms with van der Waals surface area (Å²) in [7, 11) is 0. The van der Waals surface area contributed by atoms with Crippen LogP contribution in [0.5, 0.6) is 5.75 Å². The molecule has 1 aliphatic rings. The normalized spacial score (nSPS) is 17.7. The quantitative estimate of drug-likeness (QED) is 0.928. The zero-order chi connectivity index (χ0) is 17.2. The van der Waals surface area contributed by atoms with Crippen LogP contribution in [0, 0.1) is 0 Å². The first-order valence-electron chi connectivity index (χ1n) is 7.20. The highest BCUT2D eigenvalue weighted by atomic mass is 19.4. The van der Waals surface area contributed by atoms with Gasteiger partial charge >= 0.3 is 6.36 Å². The van der Waals surface area contributed by atoms with E-state index in [-0.39, 0.29) is 17.4 Å². The molecule has 3 rings (SSSR count). The first-order chi connectivity index (χ1) is 11.4. The number of nitrogens with one attached hydrogen (secondary N) is 1. The molecule has 1 unspecified atom stereocenters. The Balaban J connectivity index is 1.62. The van der Waals surface area contributed by atoms with Gasteiger partial charge in [-0.15, -0.1) is 13.2 Å². The highest BCUT2D eigenvalue weighted by Crippen LogP contribution is 2.23. The molecule has 1 aromatic heterocycles. The number of amides is 1. The Morgan fingerprint density at radius 2 is 2.08 bits per heavy atom. The topological polar surface area (TPSA) is 65.4 Å². The van der Waals surface area contributed by atoms with E-state index >= 15 is 0 Å². The van der Waals surface area contributed by atoms with E-state index in [1.807, 2.05) is 0 Å². The van der Waals surface area contributed by atoms with Gasteiger partial charge in [0, 0.05) is 18.4 Å². The fourth-order valence-corrected chi connectivity index (χ4v) is 2.34. The van der Waals surface area contributed by atoms with Crippen LogP contribution in [0.1, 0.15) is 22.8 Å². The summed E-state index contributed by atoms with van der Waals surface area (Å²) in [6.45, 7) is 1.26. The number of carbonyl (C=O) groups is 1. The molecule has 2 heterocycles. The number of nitrogens with zero attached hydrogens (tertiary/aromatic N) is 2. The van der Waals surface area contributed by atoms with Crippen LogP contribution < -0.4 is 10.1 Å². The van der Waals surface area contributed by atoms with Crippen LogP contribution in [0.15, 0.2) is 36.7 Å². The van der Waals surface area contributed by atoms with Crippen molar-refractivity contribution in [3.63, 3.8) is 0 Å². The molecule has 1 aliphatic heterocycles. The smallest absolute Gasteiger partial charge is 0.406 e. The molecule has 1 N–H and O–H groups in total. The average molecular weight is 341 g/mol. The molecule has 0 saturated carbocycles. The second-order valence-corrected chi connectivity index (χ2v) is 5.25. The summed E-state index contributed by atoms with van der Waals surface area (Å²) in [4.78, 5) is 12.1. The zero-order valence-electron chi connectivity index (χ0n) is 12.4. The van der Waals surface area contributed by atoms with Crippen molar-refractivity contribution in [1.82, 2.24) is 9.78 Å². The Morgan fingerprint density at radius 1 is 1.33 bits per heavy atom. The summed E-state index contributed by atoms with van der Waals surface area (Å²) in [5.74, 6) is -0.830. The molecule has 1 fully saturated rings. The van der Waals surface area contributed by atoms with Crippen LogP contribution in [0.25, 0.3) is 0 Å². The van der Waals surface area contributed by atoms with E-state index in [4.69, 9.17) is 4.74 Å². The number of benzene rings is 1. The van der Waals surface area contributed by atoms with Gasteiger partial charge in [-0.2, -0.15) is 5.10 Å². The number of hydrogen-bond donors (Lipinski definition) is 1. The Morgan fingerprint density at radius 3 is 2.71 bits per heavy atom. The summed E-state index contributed by atoms with van der Waals surface area (Å²) in [5, 5.41) is 6.82. The fraction of sp³-hybridized carbons (Fsp3) is 0.333. The van der Waals surface area contributed by atoms with Crippen molar-refractivity contribution < 1.29 is 27.4 Å². The summed E-state index contributed by atoms with van der Waals surface area (Å²) in [6, 6.07) is 4.83. The molecule has 1 aromatic carbocycles. The van der Waals surface area contributed by atoms with Crippen LogP contribution in [0.2, 0.25) is 0 Å². The van der Waals surface area contributed by atoms with Crippen LogP contribution >= 0.6 is 0 Å². The molecule has 9 heteroatoms. The summed E-state index contributed by atoms with van der Waals surface area (Å²) < 4.78 is 47.1. The average Bonchev–Trinajstić information content (AvgIpc) is 3.16. The Kier molecular flexibility index (Phi) is 4.43. The van der Waals surface area contributed by atoms with Crippen molar-refractivity contribution in [1.29, 1.82) is 0 Å². The van der Waals surface area contributed by atoms with Crippen LogP contribution in [0.3, 0.4) is 0 Å². The molecule has 0 radical (unpaired) electrons. The number of rotatable bonds is 4. The summed E-state index contributed by atoms with van der Waals surface area (Å²) in [6.07, 6.45) is -0.701. The van der Waals surface area contributed by atoms with E-state index in [0.29, 0.717) is 18.9 Å². The summed E-state index contributed by atoms with van der Waals surface area (Å²) >= 11 is 0. The first-order valence-corrected chi connectivity index (χ1v) is 7.20. The third kappa shape index (κ3) is 4.05. The minimum Gasteiger partial charge on any atom is -0.406 e. The van der Waals surface area contributed by atoms with E-state index in [1.165, 1.54) is 18.3 Å². The van der Waals surface area contributed by atoms with Gasteiger partial charge in [-0.05, 0) is 30.7 Å². The highest BCUT2D eigenvalue weighted by molar-refractivity contribution is 6.04. The van der Waals surface area contributed by atoms with Gasteiger partial charge in [-0.3, -0.25) is 9.48 Å². The number of carbonyl (C=O) groups excluding carboxylic acids is 1. The lowest BCUT2D eigenvalue weighted by Crippen LogP contribution is -2.17. The van der Waals surface area contributed by atoms with Crippen molar-refractivity contribution in [3.8, 4) is 5.75 Å². The standard InChI is InChI=1S/C15H14F3N3O3/c16-15(17,18)24-13-3-1-10(2-4-13)14(22)20-11-7-19-21(8-11)12-5-6-23-9-12/h1-4,7-8,12H,5-6,9H2,(H,20,22). The molecule has 1 saturated heterocycles. The van der Waals surface area contributed by atoms with Crippen molar-refractivity contribution in [2.24, 2.45) is 0 Å². The predicted octanol–water partition coefficient (Wildman–Crippen LogP) is 3.00. The molecule has 2 aromatic rings. The second-order valence-electron chi connectivity index (χ2n) is 5.25. The summed E-state index contributed by atoms with van der Waals surface area (Å²) in [5.41, 5.74) is 0.712. The number of alkyl halides is 3. The van der Waals surface area contributed by atoms with E-state index in [9.17, 15) is 18.0 Å². The van der Waals surface area contributed by atoms with Crippen LogP contribution in [-0.2, 0) is 4.74 Å². The molecular weight excluding hydrogens is 327 g/mol. The van der Waals surface area contributed by atoms with Gasteiger partial charge in [0.1, 0.15) is 5.75 Å². The van der Waals surface area contributed by atoms with E-state index in [2.05, 4.69) is 15.2 Å². The van der Waals surface area contributed by atoms with Crippen molar-refractivity contribution in [2.75, 3.05) is 18.5 Å². The van der Waals surface area contributed by atoms with Crippen LogP contribution in [0.4, 0.5) is 18.9 Å². The van der Waals surface area contributed by atoms with Crippen molar-refractivity contribution in [3.05, 3.63) is 42.2 Å². The zero-order valence-corrected chi connectivity index (χ0v) is 12.4. The molecule has 1 atom stereocenters. The minimum atomic E-state index is -4.76.